The number of anilines is 1. The molecular weight excluding hydrogens is 288 g/mol. The molecule has 5 nitrogen and oxygen atoms in total. The molecule has 1 aromatic carbocycles. The van der Waals surface area contributed by atoms with Crippen molar-refractivity contribution in [2.24, 2.45) is 0 Å². The Balaban J connectivity index is 1.81. The number of thioether (sulfide) groups is 1. The summed E-state index contributed by atoms with van der Waals surface area (Å²) < 4.78 is 16.7. The monoisotopic (exact) mass is 306 g/mol. The lowest BCUT2D eigenvalue weighted by Crippen LogP contribution is -2.22. The van der Waals surface area contributed by atoms with Crippen LogP contribution in [0.3, 0.4) is 0 Å². The summed E-state index contributed by atoms with van der Waals surface area (Å²) in [5, 5.41) is 3.69. The fourth-order valence-electron chi connectivity index (χ4n) is 2.32. The van der Waals surface area contributed by atoms with Crippen LogP contribution < -0.4 is 15.2 Å². The maximum absolute atomic E-state index is 6.06. The fraction of sp³-hybridized carbons (Fsp3) is 0.400. The van der Waals surface area contributed by atoms with E-state index in [1.165, 1.54) is 0 Å². The SMILES string of the molecule is COc1cc(-c2cc(N)no2)ccc1OC1CCSCC1. The zero-order chi connectivity index (χ0) is 14.7. The zero-order valence-corrected chi connectivity index (χ0v) is 12.7. The first-order valence-corrected chi connectivity index (χ1v) is 8.07. The molecule has 0 spiro atoms. The Hall–Kier alpha value is -1.82. The van der Waals surface area contributed by atoms with Crippen molar-refractivity contribution in [1.29, 1.82) is 0 Å². The highest BCUT2D eigenvalue weighted by atomic mass is 32.2. The summed E-state index contributed by atoms with van der Waals surface area (Å²) in [5.41, 5.74) is 6.44. The van der Waals surface area contributed by atoms with E-state index in [9.17, 15) is 0 Å². The van der Waals surface area contributed by atoms with Crippen LogP contribution in [-0.4, -0.2) is 29.9 Å². The Bertz CT molecular complexity index is 609. The number of benzene rings is 1. The van der Waals surface area contributed by atoms with Crippen molar-refractivity contribution >= 4 is 17.6 Å². The number of methoxy groups -OCH3 is 1. The van der Waals surface area contributed by atoms with E-state index in [0.717, 1.165) is 35.7 Å². The molecular formula is C15H18N2O3S. The first-order valence-electron chi connectivity index (χ1n) is 6.91. The molecule has 1 saturated heterocycles. The van der Waals surface area contributed by atoms with E-state index in [1.54, 1.807) is 13.2 Å². The molecule has 1 aliphatic rings. The largest absolute Gasteiger partial charge is 0.493 e. The highest BCUT2D eigenvalue weighted by Crippen LogP contribution is 2.35. The average Bonchev–Trinajstić information content (AvgIpc) is 2.95. The predicted octanol–water partition coefficient (Wildman–Crippen LogP) is 3.21. The van der Waals surface area contributed by atoms with Gasteiger partial charge in [-0.05, 0) is 42.5 Å². The molecule has 0 amide bonds. The second-order valence-electron chi connectivity index (χ2n) is 4.91. The van der Waals surface area contributed by atoms with E-state index >= 15 is 0 Å². The highest BCUT2D eigenvalue weighted by Gasteiger charge is 2.18. The van der Waals surface area contributed by atoms with Crippen molar-refractivity contribution in [2.45, 2.75) is 18.9 Å². The van der Waals surface area contributed by atoms with Crippen LogP contribution in [0, 0.1) is 0 Å². The molecule has 0 bridgehead atoms. The Morgan fingerprint density at radius 3 is 2.71 bits per heavy atom. The van der Waals surface area contributed by atoms with Crippen molar-refractivity contribution in [2.75, 3.05) is 24.3 Å². The molecule has 2 heterocycles. The molecule has 0 atom stereocenters. The molecule has 1 aromatic heterocycles. The number of hydrogen-bond donors (Lipinski definition) is 1. The second-order valence-corrected chi connectivity index (χ2v) is 6.14. The van der Waals surface area contributed by atoms with Gasteiger partial charge in [-0.1, -0.05) is 5.16 Å². The number of hydrogen-bond acceptors (Lipinski definition) is 6. The minimum atomic E-state index is 0.270. The average molecular weight is 306 g/mol. The molecule has 0 saturated carbocycles. The summed E-state index contributed by atoms with van der Waals surface area (Å²) in [6.45, 7) is 0. The molecule has 21 heavy (non-hydrogen) atoms. The van der Waals surface area contributed by atoms with Gasteiger partial charge in [0.1, 0.15) is 6.10 Å². The van der Waals surface area contributed by atoms with Gasteiger partial charge < -0.3 is 19.7 Å². The van der Waals surface area contributed by atoms with Gasteiger partial charge in [-0.15, -0.1) is 0 Å². The molecule has 0 unspecified atom stereocenters. The van der Waals surface area contributed by atoms with Gasteiger partial charge in [0.25, 0.3) is 0 Å². The van der Waals surface area contributed by atoms with Crippen LogP contribution in [0.2, 0.25) is 0 Å². The number of nitrogens with two attached hydrogens (primary N) is 1. The molecule has 2 aromatic rings. The van der Waals surface area contributed by atoms with Gasteiger partial charge in [-0.25, -0.2) is 0 Å². The van der Waals surface area contributed by atoms with Crippen LogP contribution in [0.15, 0.2) is 28.8 Å². The standard InChI is InChI=1S/C15H18N2O3S/c1-18-14-8-10(13-9-15(16)17-20-13)2-3-12(14)19-11-4-6-21-7-5-11/h2-3,8-9,11H,4-7H2,1H3,(H2,16,17). The number of aromatic nitrogens is 1. The van der Waals surface area contributed by atoms with E-state index in [0.29, 0.717) is 17.3 Å². The van der Waals surface area contributed by atoms with Crippen LogP contribution in [0.1, 0.15) is 12.8 Å². The zero-order valence-electron chi connectivity index (χ0n) is 11.9. The summed E-state index contributed by atoms with van der Waals surface area (Å²) in [4.78, 5) is 0. The topological polar surface area (TPSA) is 70.5 Å². The Morgan fingerprint density at radius 1 is 1.24 bits per heavy atom. The minimum Gasteiger partial charge on any atom is -0.493 e. The summed E-state index contributed by atoms with van der Waals surface area (Å²) in [7, 11) is 1.64. The van der Waals surface area contributed by atoms with Gasteiger partial charge in [0, 0.05) is 11.6 Å². The Kier molecular flexibility index (Phi) is 4.24. The van der Waals surface area contributed by atoms with Crippen molar-refractivity contribution in [3.8, 4) is 22.8 Å². The third-order valence-electron chi connectivity index (χ3n) is 3.44. The maximum atomic E-state index is 6.06. The third kappa shape index (κ3) is 3.26. The van der Waals surface area contributed by atoms with Crippen LogP contribution in [0.4, 0.5) is 5.82 Å². The highest BCUT2D eigenvalue weighted by molar-refractivity contribution is 7.99. The number of rotatable bonds is 4. The van der Waals surface area contributed by atoms with Gasteiger partial charge in [-0.3, -0.25) is 0 Å². The number of nitrogen functional groups attached to an aromatic ring is 1. The smallest absolute Gasteiger partial charge is 0.169 e. The van der Waals surface area contributed by atoms with Crippen LogP contribution >= 0.6 is 11.8 Å². The van der Waals surface area contributed by atoms with Crippen LogP contribution in [0.25, 0.3) is 11.3 Å². The van der Waals surface area contributed by atoms with Gasteiger partial charge in [0.05, 0.1) is 7.11 Å². The molecule has 1 fully saturated rings. The lowest BCUT2D eigenvalue weighted by atomic mass is 10.1. The number of ether oxygens (including phenoxy) is 2. The molecule has 112 valence electrons. The summed E-state index contributed by atoms with van der Waals surface area (Å²) in [6, 6.07) is 7.41. The van der Waals surface area contributed by atoms with E-state index in [1.807, 2.05) is 30.0 Å². The van der Waals surface area contributed by atoms with E-state index in [4.69, 9.17) is 19.7 Å². The first kappa shape index (κ1) is 14.1. The summed E-state index contributed by atoms with van der Waals surface area (Å²) >= 11 is 1.98. The van der Waals surface area contributed by atoms with Gasteiger partial charge in [-0.2, -0.15) is 11.8 Å². The lowest BCUT2D eigenvalue weighted by Gasteiger charge is -2.23. The quantitative estimate of drug-likeness (QED) is 0.935. The maximum Gasteiger partial charge on any atom is 0.169 e. The van der Waals surface area contributed by atoms with Crippen LogP contribution in [-0.2, 0) is 0 Å². The summed E-state index contributed by atoms with van der Waals surface area (Å²) in [5.74, 6) is 4.76. The van der Waals surface area contributed by atoms with Crippen molar-refractivity contribution in [3.05, 3.63) is 24.3 Å². The van der Waals surface area contributed by atoms with Crippen LogP contribution in [0.5, 0.6) is 11.5 Å². The van der Waals surface area contributed by atoms with Gasteiger partial charge in [0.15, 0.2) is 23.1 Å². The third-order valence-corrected chi connectivity index (χ3v) is 4.49. The summed E-state index contributed by atoms with van der Waals surface area (Å²) in [6.07, 6.45) is 2.43. The normalized spacial score (nSPS) is 15.9. The van der Waals surface area contributed by atoms with Crippen molar-refractivity contribution in [3.63, 3.8) is 0 Å². The molecule has 3 rings (SSSR count). The number of nitrogens with zero attached hydrogens (tertiary/aromatic N) is 1. The van der Waals surface area contributed by atoms with E-state index in [2.05, 4.69) is 5.16 Å². The predicted molar refractivity (Wildman–Crippen MR) is 83.9 cm³/mol. The van der Waals surface area contributed by atoms with Gasteiger partial charge in [0.2, 0.25) is 0 Å². The minimum absolute atomic E-state index is 0.270. The Morgan fingerprint density at radius 2 is 2.05 bits per heavy atom. The van der Waals surface area contributed by atoms with Crippen molar-refractivity contribution < 1.29 is 14.0 Å². The van der Waals surface area contributed by atoms with Crippen molar-refractivity contribution in [1.82, 2.24) is 5.16 Å². The fourth-order valence-corrected chi connectivity index (χ4v) is 3.38. The van der Waals surface area contributed by atoms with E-state index < -0.39 is 0 Å². The molecule has 2 N–H and O–H groups in total. The molecule has 1 aliphatic heterocycles. The molecule has 6 heteroatoms. The second kappa shape index (κ2) is 6.30. The Labute approximate surface area is 127 Å². The molecule has 0 radical (unpaired) electrons. The molecule has 0 aliphatic carbocycles. The lowest BCUT2D eigenvalue weighted by molar-refractivity contribution is 0.184. The first-order chi connectivity index (χ1) is 10.3. The van der Waals surface area contributed by atoms with Gasteiger partial charge >= 0.3 is 0 Å². The van der Waals surface area contributed by atoms with E-state index in [-0.39, 0.29) is 6.10 Å².